The monoisotopic (exact) mass is 299 g/mol. The first kappa shape index (κ1) is 14.3. The number of carbonyl (C=O) groups excluding carboxylic acids is 2. The van der Waals surface area contributed by atoms with E-state index < -0.39 is 0 Å². The van der Waals surface area contributed by atoms with Crippen LogP contribution in [-0.2, 0) is 4.79 Å². The molecule has 114 valence electrons. The number of amides is 2. The molecule has 1 saturated heterocycles. The second-order valence-corrected chi connectivity index (χ2v) is 5.30. The maximum absolute atomic E-state index is 12.7. The van der Waals surface area contributed by atoms with E-state index in [0.717, 1.165) is 5.56 Å². The van der Waals surface area contributed by atoms with E-state index in [-0.39, 0.29) is 30.0 Å². The summed E-state index contributed by atoms with van der Waals surface area (Å²) in [5.74, 6) is 0.311. The van der Waals surface area contributed by atoms with E-state index in [2.05, 4.69) is 10.5 Å². The molecule has 1 fully saturated rings. The molecule has 1 aliphatic heterocycles. The molecule has 1 N–H and O–H groups in total. The zero-order valence-electron chi connectivity index (χ0n) is 12.3. The second-order valence-electron chi connectivity index (χ2n) is 5.30. The first-order valence-corrected chi connectivity index (χ1v) is 7.21. The van der Waals surface area contributed by atoms with Crippen molar-refractivity contribution >= 4 is 11.8 Å². The van der Waals surface area contributed by atoms with Crippen molar-refractivity contribution in [3.63, 3.8) is 0 Å². The van der Waals surface area contributed by atoms with Gasteiger partial charge in [-0.05, 0) is 12.5 Å². The Bertz CT molecular complexity index is 681. The van der Waals surface area contributed by atoms with Gasteiger partial charge in [-0.25, -0.2) is 0 Å². The lowest BCUT2D eigenvalue weighted by Gasteiger charge is -2.28. The number of carbonyl (C=O) groups is 2. The molecule has 0 spiro atoms. The lowest BCUT2D eigenvalue weighted by atomic mass is 10.0. The van der Waals surface area contributed by atoms with Crippen LogP contribution in [0.4, 0.5) is 0 Å². The van der Waals surface area contributed by atoms with Gasteiger partial charge < -0.3 is 14.7 Å². The number of benzene rings is 1. The SMILES string of the molecule is Cc1cc(C(=O)N2CCNC(=O)C[C@@H]2c2ccccc2)no1. The molecule has 0 saturated carbocycles. The minimum atomic E-state index is -0.298. The van der Waals surface area contributed by atoms with Crippen LogP contribution in [0.3, 0.4) is 0 Å². The fourth-order valence-electron chi connectivity index (χ4n) is 2.66. The third-order valence-electron chi connectivity index (χ3n) is 3.72. The van der Waals surface area contributed by atoms with Crippen molar-refractivity contribution in [2.24, 2.45) is 0 Å². The molecule has 0 aliphatic carbocycles. The Hall–Kier alpha value is -2.63. The Balaban J connectivity index is 1.94. The first-order chi connectivity index (χ1) is 10.6. The minimum Gasteiger partial charge on any atom is -0.361 e. The highest BCUT2D eigenvalue weighted by molar-refractivity contribution is 5.93. The molecule has 2 amide bonds. The average Bonchev–Trinajstić information content (AvgIpc) is 2.86. The number of aromatic nitrogens is 1. The van der Waals surface area contributed by atoms with E-state index >= 15 is 0 Å². The highest BCUT2D eigenvalue weighted by Gasteiger charge is 2.31. The van der Waals surface area contributed by atoms with Crippen molar-refractivity contribution in [2.45, 2.75) is 19.4 Å². The molecule has 0 bridgehead atoms. The van der Waals surface area contributed by atoms with Crippen molar-refractivity contribution < 1.29 is 14.1 Å². The normalized spacial score (nSPS) is 18.7. The zero-order valence-corrected chi connectivity index (χ0v) is 12.3. The summed E-state index contributed by atoms with van der Waals surface area (Å²) in [5, 5.41) is 6.61. The van der Waals surface area contributed by atoms with E-state index in [1.807, 2.05) is 30.3 Å². The van der Waals surface area contributed by atoms with Gasteiger partial charge in [-0.3, -0.25) is 9.59 Å². The Morgan fingerprint density at radius 1 is 1.36 bits per heavy atom. The molecule has 2 aromatic rings. The predicted molar refractivity (Wildman–Crippen MR) is 79.1 cm³/mol. The molecule has 1 atom stereocenters. The predicted octanol–water partition coefficient (Wildman–Crippen LogP) is 1.69. The van der Waals surface area contributed by atoms with Crippen LogP contribution in [0.1, 0.15) is 34.3 Å². The van der Waals surface area contributed by atoms with Gasteiger partial charge in [0.25, 0.3) is 5.91 Å². The van der Waals surface area contributed by atoms with Gasteiger partial charge >= 0.3 is 0 Å². The summed E-state index contributed by atoms with van der Waals surface area (Å²) in [6.07, 6.45) is 0.243. The van der Waals surface area contributed by atoms with Crippen LogP contribution >= 0.6 is 0 Å². The summed E-state index contributed by atoms with van der Waals surface area (Å²) in [4.78, 5) is 26.3. The molecule has 1 aliphatic rings. The zero-order chi connectivity index (χ0) is 15.5. The van der Waals surface area contributed by atoms with Crippen LogP contribution in [0.2, 0.25) is 0 Å². The molecule has 6 heteroatoms. The summed E-state index contributed by atoms with van der Waals surface area (Å²) in [5.41, 5.74) is 1.21. The summed E-state index contributed by atoms with van der Waals surface area (Å²) in [6, 6.07) is 10.9. The standard InChI is InChI=1S/C16H17N3O3/c1-11-9-13(18-22-11)16(21)19-8-7-17-15(20)10-14(19)12-5-3-2-4-6-12/h2-6,9,14H,7-8,10H2,1H3,(H,17,20)/t14-/m1/s1. The lowest BCUT2D eigenvalue weighted by Crippen LogP contribution is -2.36. The van der Waals surface area contributed by atoms with Crippen molar-refractivity contribution in [3.05, 3.63) is 53.4 Å². The van der Waals surface area contributed by atoms with Gasteiger partial charge in [0.15, 0.2) is 5.69 Å². The Labute approximate surface area is 128 Å². The highest BCUT2D eigenvalue weighted by atomic mass is 16.5. The van der Waals surface area contributed by atoms with Crippen molar-refractivity contribution in [2.75, 3.05) is 13.1 Å². The van der Waals surface area contributed by atoms with E-state index in [4.69, 9.17) is 4.52 Å². The summed E-state index contributed by atoms with van der Waals surface area (Å²) < 4.78 is 4.99. The van der Waals surface area contributed by atoms with Crippen LogP contribution in [0.25, 0.3) is 0 Å². The highest BCUT2D eigenvalue weighted by Crippen LogP contribution is 2.27. The van der Waals surface area contributed by atoms with Crippen LogP contribution in [0.5, 0.6) is 0 Å². The van der Waals surface area contributed by atoms with Gasteiger partial charge in [0, 0.05) is 19.2 Å². The van der Waals surface area contributed by atoms with Crippen molar-refractivity contribution in [1.29, 1.82) is 0 Å². The number of nitrogens with zero attached hydrogens (tertiary/aromatic N) is 2. The molecule has 0 radical (unpaired) electrons. The molecule has 1 aromatic heterocycles. The smallest absolute Gasteiger partial charge is 0.276 e. The molecule has 22 heavy (non-hydrogen) atoms. The summed E-state index contributed by atoms with van der Waals surface area (Å²) in [6.45, 7) is 2.62. The molecule has 6 nitrogen and oxygen atoms in total. The van der Waals surface area contributed by atoms with Crippen molar-refractivity contribution in [3.8, 4) is 0 Å². The van der Waals surface area contributed by atoms with Gasteiger partial charge in [0.2, 0.25) is 5.91 Å². The number of nitrogens with one attached hydrogen (secondary N) is 1. The van der Waals surface area contributed by atoms with E-state index in [1.54, 1.807) is 17.9 Å². The number of aryl methyl sites for hydroxylation is 1. The van der Waals surface area contributed by atoms with E-state index in [1.165, 1.54) is 0 Å². The van der Waals surface area contributed by atoms with Crippen LogP contribution in [0.15, 0.2) is 40.9 Å². The van der Waals surface area contributed by atoms with Crippen LogP contribution in [0, 0.1) is 6.92 Å². The third-order valence-corrected chi connectivity index (χ3v) is 3.72. The molecule has 2 heterocycles. The molecular weight excluding hydrogens is 282 g/mol. The van der Waals surface area contributed by atoms with Crippen LogP contribution in [-0.4, -0.2) is 35.0 Å². The Morgan fingerprint density at radius 3 is 2.82 bits per heavy atom. The maximum Gasteiger partial charge on any atom is 0.276 e. The quantitative estimate of drug-likeness (QED) is 0.915. The van der Waals surface area contributed by atoms with Gasteiger partial charge in [-0.2, -0.15) is 0 Å². The fourth-order valence-corrected chi connectivity index (χ4v) is 2.66. The Kier molecular flexibility index (Phi) is 3.91. The summed E-state index contributed by atoms with van der Waals surface area (Å²) >= 11 is 0. The van der Waals surface area contributed by atoms with Gasteiger partial charge in [0.05, 0.1) is 12.5 Å². The maximum atomic E-state index is 12.7. The number of hydrogen-bond acceptors (Lipinski definition) is 4. The fraction of sp³-hybridized carbons (Fsp3) is 0.312. The van der Waals surface area contributed by atoms with Crippen LogP contribution < -0.4 is 5.32 Å². The van der Waals surface area contributed by atoms with E-state index in [9.17, 15) is 9.59 Å². The second kappa shape index (κ2) is 6.01. The minimum absolute atomic E-state index is 0.0551. The van der Waals surface area contributed by atoms with Gasteiger partial charge in [-0.15, -0.1) is 0 Å². The lowest BCUT2D eigenvalue weighted by molar-refractivity contribution is -0.121. The molecule has 1 aromatic carbocycles. The van der Waals surface area contributed by atoms with Gasteiger partial charge in [-0.1, -0.05) is 35.5 Å². The largest absolute Gasteiger partial charge is 0.361 e. The third kappa shape index (κ3) is 2.86. The molecule has 3 rings (SSSR count). The Morgan fingerprint density at radius 2 is 2.14 bits per heavy atom. The molecule has 0 unspecified atom stereocenters. The average molecular weight is 299 g/mol. The van der Waals surface area contributed by atoms with Gasteiger partial charge in [0.1, 0.15) is 5.76 Å². The topological polar surface area (TPSA) is 75.4 Å². The number of hydrogen-bond donors (Lipinski definition) is 1. The molecular formula is C16H17N3O3. The first-order valence-electron chi connectivity index (χ1n) is 7.21. The van der Waals surface area contributed by atoms with E-state index in [0.29, 0.717) is 18.8 Å². The number of rotatable bonds is 2. The van der Waals surface area contributed by atoms with Crippen molar-refractivity contribution in [1.82, 2.24) is 15.4 Å². The summed E-state index contributed by atoms with van der Waals surface area (Å²) in [7, 11) is 0.